The number of esters is 1. The molecule has 0 aromatic heterocycles. The molecule has 6 nitrogen and oxygen atoms in total. The zero-order valence-electron chi connectivity index (χ0n) is 11.9. The van der Waals surface area contributed by atoms with Gasteiger partial charge in [0.05, 0.1) is 12.7 Å². The van der Waals surface area contributed by atoms with E-state index in [1.807, 2.05) is 6.07 Å². The lowest BCUT2D eigenvalue weighted by Crippen LogP contribution is -2.40. The molecule has 0 aliphatic heterocycles. The van der Waals surface area contributed by atoms with Crippen molar-refractivity contribution in [1.82, 2.24) is 10.2 Å². The summed E-state index contributed by atoms with van der Waals surface area (Å²) in [5.74, 6) is -0.740. The first-order chi connectivity index (χ1) is 9.45. The van der Waals surface area contributed by atoms with Crippen LogP contribution in [0.5, 0.6) is 0 Å². The van der Waals surface area contributed by atoms with Crippen molar-refractivity contribution in [2.24, 2.45) is 0 Å². The number of aliphatic hydroxyl groups is 1. The number of aliphatic hydroxyl groups excluding tert-OH is 1. The van der Waals surface area contributed by atoms with E-state index < -0.39 is 12.1 Å². The van der Waals surface area contributed by atoms with Gasteiger partial charge in [-0.15, -0.1) is 0 Å². The molecule has 0 aliphatic rings. The topological polar surface area (TPSA) is 78.9 Å². The largest absolute Gasteiger partial charge is 0.465 e. The normalized spacial score (nSPS) is 11.8. The molecular weight excluding hydrogens is 260 g/mol. The van der Waals surface area contributed by atoms with Crippen molar-refractivity contribution in [1.29, 1.82) is 0 Å². The Morgan fingerprint density at radius 1 is 1.40 bits per heavy atom. The van der Waals surface area contributed by atoms with Gasteiger partial charge in [0.25, 0.3) is 5.91 Å². The summed E-state index contributed by atoms with van der Waals surface area (Å²) in [5.41, 5.74) is 1.34. The van der Waals surface area contributed by atoms with E-state index in [0.717, 1.165) is 5.56 Å². The molecule has 20 heavy (non-hydrogen) atoms. The fourth-order valence-corrected chi connectivity index (χ4v) is 1.66. The Hall–Kier alpha value is -1.92. The van der Waals surface area contributed by atoms with E-state index in [1.165, 1.54) is 12.0 Å². The standard InChI is InChI=1S/C14H20N2O4/c1-16(2)13(18)12(17)9-15-8-10-5-4-6-11(7-10)14(19)20-3/h4-7,12,15,17H,8-9H2,1-3H3. The maximum atomic E-state index is 11.4. The monoisotopic (exact) mass is 280 g/mol. The van der Waals surface area contributed by atoms with Gasteiger partial charge >= 0.3 is 5.97 Å². The van der Waals surface area contributed by atoms with Gasteiger partial charge in [-0.05, 0) is 17.7 Å². The zero-order valence-corrected chi connectivity index (χ0v) is 11.9. The van der Waals surface area contributed by atoms with Crippen LogP contribution >= 0.6 is 0 Å². The Morgan fingerprint density at radius 2 is 2.10 bits per heavy atom. The van der Waals surface area contributed by atoms with E-state index in [2.05, 4.69) is 10.1 Å². The Labute approximate surface area is 118 Å². The van der Waals surface area contributed by atoms with Crippen LogP contribution in [-0.2, 0) is 16.1 Å². The lowest BCUT2D eigenvalue weighted by Gasteiger charge is -2.16. The molecule has 110 valence electrons. The van der Waals surface area contributed by atoms with E-state index in [-0.39, 0.29) is 12.5 Å². The predicted octanol–water partition coefficient (Wildman–Crippen LogP) is 0.0119. The number of amides is 1. The second-order valence-corrected chi connectivity index (χ2v) is 4.57. The molecule has 0 saturated heterocycles. The Kier molecular flexibility index (Phi) is 6.14. The quantitative estimate of drug-likeness (QED) is 0.718. The number of carbonyl (C=O) groups is 2. The summed E-state index contributed by atoms with van der Waals surface area (Å²) in [7, 11) is 4.51. The lowest BCUT2D eigenvalue weighted by molar-refractivity contribution is -0.137. The number of carbonyl (C=O) groups excluding carboxylic acids is 2. The highest BCUT2D eigenvalue weighted by molar-refractivity contribution is 5.89. The Balaban J connectivity index is 2.50. The fourth-order valence-electron chi connectivity index (χ4n) is 1.66. The summed E-state index contributed by atoms with van der Waals surface area (Å²) < 4.78 is 4.64. The number of rotatable bonds is 6. The molecule has 0 spiro atoms. The van der Waals surface area contributed by atoms with Crippen LogP contribution in [0.4, 0.5) is 0 Å². The molecule has 6 heteroatoms. The molecule has 2 N–H and O–H groups in total. The van der Waals surface area contributed by atoms with Crippen molar-refractivity contribution in [2.75, 3.05) is 27.7 Å². The summed E-state index contributed by atoms with van der Waals surface area (Å²) in [6.45, 7) is 0.599. The van der Waals surface area contributed by atoms with E-state index in [4.69, 9.17) is 0 Å². The van der Waals surface area contributed by atoms with Crippen LogP contribution in [0.3, 0.4) is 0 Å². The van der Waals surface area contributed by atoms with Gasteiger partial charge in [-0.2, -0.15) is 0 Å². The minimum absolute atomic E-state index is 0.152. The first-order valence-electron chi connectivity index (χ1n) is 6.23. The molecule has 0 heterocycles. The molecule has 1 aromatic rings. The van der Waals surface area contributed by atoms with Gasteiger partial charge in [-0.1, -0.05) is 12.1 Å². The molecule has 0 aliphatic carbocycles. The third kappa shape index (κ3) is 4.64. The van der Waals surface area contributed by atoms with E-state index >= 15 is 0 Å². The molecule has 0 bridgehead atoms. The van der Waals surface area contributed by atoms with Crippen LogP contribution in [0.2, 0.25) is 0 Å². The van der Waals surface area contributed by atoms with Gasteiger partial charge in [0.1, 0.15) is 6.10 Å². The van der Waals surface area contributed by atoms with Gasteiger partial charge in [-0.25, -0.2) is 4.79 Å². The molecule has 0 fully saturated rings. The van der Waals surface area contributed by atoms with Crippen molar-refractivity contribution in [2.45, 2.75) is 12.6 Å². The molecule has 0 radical (unpaired) electrons. The molecule has 1 aromatic carbocycles. The Bertz CT molecular complexity index is 474. The highest BCUT2D eigenvalue weighted by Gasteiger charge is 2.16. The highest BCUT2D eigenvalue weighted by Crippen LogP contribution is 2.06. The second kappa shape index (κ2) is 7.62. The molecule has 1 rings (SSSR count). The molecule has 1 atom stereocenters. The number of hydrogen-bond acceptors (Lipinski definition) is 5. The van der Waals surface area contributed by atoms with Crippen molar-refractivity contribution >= 4 is 11.9 Å². The van der Waals surface area contributed by atoms with Crippen LogP contribution in [0.15, 0.2) is 24.3 Å². The SMILES string of the molecule is COC(=O)c1cccc(CNCC(O)C(=O)N(C)C)c1. The number of nitrogens with one attached hydrogen (secondary N) is 1. The van der Waals surface area contributed by atoms with Crippen LogP contribution in [0, 0.1) is 0 Å². The number of ether oxygens (including phenoxy) is 1. The van der Waals surface area contributed by atoms with E-state index in [9.17, 15) is 14.7 Å². The van der Waals surface area contributed by atoms with Gasteiger partial charge in [0.15, 0.2) is 0 Å². The van der Waals surface area contributed by atoms with Gasteiger partial charge in [-0.3, -0.25) is 4.79 Å². The summed E-state index contributed by atoms with van der Waals surface area (Å²) in [4.78, 5) is 24.2. The maximum absolute atomic E-state index is 11.4. The fraction of sp³-hybridized carbons (Fsp3) is 0.429. The molecular formula is C14H20N2O4. The van der Waals surface area contributed by atoms with Crippen LogP contribution < -0.4 is 5.32 Å². The predicted molar refractivity (Wildman–Crippen MR) is 74.2 cm³/mol. The minimum Gasteiger partial charge on any atom is -0.465 e. The van der Waals surface area contributed by atoms with Crippen LogP contribution in [0.25, 0.3) is 0 Å². The summed E-state index contributed by atoms with van der Waals surface area (Å²) in [6.07, 6.45) is -1.08. The lowest BCUT2D eigenvalue weighted by atomic mass is 10.1. The van der Waals surface area contributed by atoms with Crippen molar-refractivity contribution in [3.63, 3.8) is 0 Å². The summed E-state index contributed by atoms with van der Waals surface area (Å²) >= 11 is 0. The zero-order chi connectivity index (χ0) is 15.1. The highest BCUT2D eigenvalue weighted by atomic mass is 16.5. The first-order valence-corrected chi connectivity index (χ1v) is 6.23. The van der Waals surface area contributed by atoms with Crippen molar-refractivity contribution < 1.29 is 19.4 Å². The minimum atomic E-state index is -1.08. The van der Waals surface area contributed by atoms with Crippen LogP contribution in [-0.4, -0.2) is 55.7 Å². The smallest absolute Gasteiger partial charge is 0.337 e. The van der Waals surface area contributed by atoms with Gasteiger partial charge < -0.3 is 20.1 Å². The third-order valence-electron chi connectivity index (χ3n) is 2.74. The number of nitrogens with zero attached hydrogens (tertiary/aromatic N) is 1. The second-order valence-electron chi connectivity index (χ2n) is 4.57. The number of methoxy groups -OCH3 is 1. The summed E-state index contributed by atoms with van der Waals surface area (Å²) in [6, 6.07) is 6.98. The average Bonchev–Trinajstić information content (AvgIpc) is 2.45. The summed E-state index contributed by atoms with van der Waals surface area (Å²) in [5, 5.41) is 12.6. The third-order valence-corrected chi connectivity index (χ3v) is 2.74. The van der Waals surface area contributed by atoms with E-state index in [0.29, 0.717) is 12.1 Å². The average molecular weight is 280 g/mol. The van der Waals surface area contributed by atoms with Crippen molar-refractivity contribution in [3.05, 3.63) is 35.4 Å². The van der Waals surface area contributed by atoms with Crippen LogP contribution in [0.1, 0.15) is 15.9 Å². The first kappa shape index (κ1) is 16.1. The maximum Gasteiger partial charge on any atom is 0.337 e. The van der Waals surface area contributed by atoms with Gasteiger partial charge in [0, 0.05) is 27.2 Å². The van der Waals surface area contributed by atoms with E-state index in [1.54, 1.807) is 32.3 Å². The van der Waals surface area contributed by atoms with Gasteiger partial charge in [0.2, 0.25) is 0 Å². The van der Waals surface area contributed by atoms with Crippen molar-refractivity contribution in [3.8, 4) is 0 Å². The number of benzene rings is 1. The molecule has 0 saturated carbocycles. The molecule has 1 amide bonds. The number of likely N-dealkylation sites (N-methyl/N-ethyl adjacent to an activating group) is 1. The number of hydrogen-bond donors (Lipinski definition) is 2. The Morgan fingerprint density at radius 3 is 2.70 bits per heavy atom. The molecule has 1 unspecified atom stereocenters.